The van der Waals surface area contributed by atoms with Crippen molar-refractivity contribution in [3.8, 4) is 5.75 Å². The molecule has 1 fully saturated rings. The molecule has 5 heteroatoms. The third-order valence-electron chi connectivity index (χ3n) is 4.04. The average molecular weight is 290 g/mol. The van der Waals surface area contributed by atoms with E-state index >= 15 is 0 Å². The Bertz CT molecular complexity index is 475. The van der Waals surface area contributed by atoms with Gasteiger partial charge in [0.05, 0.1) is 7.11 Å². The van der Waals surface area contributed by atoms with Gasteiger partial charge in [0.1, 0.15) is 5.75 Å². The highest BCUT2D eigenvalue weighted by Gasteiger charge is 2.20. The molecule has 21 heavy (non-hydrogen) atoms. The molecule has 116 valence electrons. The van der Waals surface area contributed by atoms with E-state index in [1.165, 1.54) is 19.4 Å². The molecule has 0 bridgehead atoms. The fourth-order valence-corrected chi connectivity index (χ4v) is 2.70. The Morgan fingerprint density at radius 3 is 2.86 bits per heavy atom. The van der Waals surface area contributed by atoms with Crippen molar-refractivity contribution >= 4 is 5.96 Å². The number of aliphatic imine (C=N–C) groups is 1. The molecule has 1 heterocycles. The number of rotatable bonds is 5. The van der Waals surface area contributed by atoms with Crippen molar-refractivity contribution < 1.29 is 4.74 Å². The van der Waals surface area contributed by atoms with E-state index in [4.69, 9.17) is 4.74 Å². The molecule has 1 unspecified atom stereocenters. The van der Waals surface area contributed by atoms with Crippen molar-refractivity contribution in [1.29, 1.82) is 0 Å². The number of nitrogens with one attached hydrogen (secondary N) is 2. The monoisotopic (exact) mass is 290 g/mol. The summed E-state index contributed by atoms with van der Waals surface area (Å²) < 4.78 is 5.36. The zero-order chi connectivity index (χ0) is 15.1. The summed E-state index contributed by atoms with van der Waals surface area (Å²) in [6, 6.07) is 8.63. The molecule has 1 aliphatic heterocycles. The van der Waals surface area contributed by atoms with Crippen LogP contribution in [0.4, 0.5) is 0 Å². The number of guanidine groups is 1. The van der Waals surface area contributed by atoms with Gasteiger partial charge in [-0.2, -0.15) is 0 Å². The third kappa shape index (κ3) is 4.36. The van der Waals surface area contributed by atoms with Crippen molar-refractivity contribution in [3.05, 3.63) is 29.8 Å². The normalized spacial score (nSPS) is 19.6. The van der Waals surface area contributed by atoms with E-state index in [0.29, 0.717) is 12.6 Å². The van der Waals surface area contributed by atoms with Gasteiger partial charge in [0.2, 0.25) is 0 Å². The van der Waals surface area contributed by atoms with Crippen molar-refractivity contribution in [1.82, 2.24) is 15.5 Å². The second kappa shape index (κ2) is 7.88. The van der Waals surface area contributed by atoms with Crippen LogP contribution in [0.15, 0.2) is 29.3 Å². The largest absolute Gasteiger partial charge is 0.496 e. The van der Waals surface area contributed by atoms with Crippen LogP contribution in [0.2, 0.25) is 0 Å². The molecule has 1 atom stereocenters. The third-order valence-corrected chi connectivity index (χ3v) is 4.04. The summed E-state index contributed by atoms with van der Waals surface area (Å²) in [6.07, 6.45) is 2.54. The maximum Gasteiger partial charge on any atom is 0.191 e. The lowest BCUT2D eigenvalue weighted by molar-refractivity contribution is 0.309. The zero-order valence-corrected chi connectivity index (χ0v) is 13.2. The van der Waals surface area contributed by atoms with E-state index in [9.17, 15) is 0 Å². The first kappa shape index (κ1) is 15.6. The van der Waals surface area contributed by atoms with Gasteiger partial charge in [-0.05, 0) is 32.5 Å². The number of nitrogens with zero attached hydrogens (tertiary/aromatic N) is 2. The first-order valence-corrected chi connectivity index (χ1v) is 7.51. The highest BCUT2D eigenvalue weighted by molar-refractivity contribution is 5.79. The predicted molar refractivity (Wildman–Crippen MR) is 86.8 cm³/mol. The van der Waals surface area contributed by atoms with Crippen LogP contribution in [0.5, 0.6) is 5.75 Å². The lowest BCUT2D eigenvalue weighted by Crippen LogP contribution is -2.43. The van der Waals surface area contributed by atoms with Crippen molar-refractivity contribution in [2.24, 2.45) is 4.99 Å². The molecule has 1 aromatic rings. The van der Waals surface area contributed by atoms with Gasteiger partial charge in [0.15, 0.2) is 5.96 Å². The number of benzene rings is 1. The lowest BCUT2D eigenvalue weighted by Gasteiger charge is -2.21. The summed E-state index contributed by atoms with van der Waals surface area (Å²) in [6.45, 7) is 2.83. The molecule has 1 aromatic carbocycles. The smallest absolute Gasteiger partial charge is 0.191 e. The van der Waals surface area contributed by atoms with Gasteiger partial charge in [0, 0.05) is 31.7 Å². The fraction of sp³-hybridized carbons (Fsp3) is 0.562. The molecule has 0 aromatic heterocycles. The molecule has 5 nitrogen and oxygen atoms in total. The molecule has 1 aliphatic rings. The zero-order valence-electron chi connectivity index (χ0n) is 13.2. The van der Waals surface area contributed by atoms with E-state index in [0.717, 1.165) is 23.8 Å². The maximum absolute atomic E-state index is 5.36. The summed E-state index contributed by atoms with van der Waals surface area (Å²) in [7, 11) is 5.68. The number of para-hydroxylation sites is 1. The molecule has 2 rings (SSSR count). The first-order valence-electron chi connectivity index (χ1n) is 7.51. The van der Waals surface area contributed by atoms with Crippen LogP contribution < -0.4 is 15.4 Å². The van der Waals surface area contributed by atoms with Gasteiger partial charge in [-0.25, -0.2) is 0 Å². The second-order valence-corrected chi connectivity index (χ2v) is 5.40. The first-order chi connectivity index (χ1) is 10.2. The van der Waals surface area contributed by atoms with Crippen LogP contribution in [0.25, 0.3) is 0 Å². The summed E-state index contributed by atoms with van der Waals surface area (Å²) in [5.41, 5.74) is 1.13. The van der Waals surface area contributed by atoms with E-state index in [2.05, 4.69) is 33.6 Å². The van der Waals surface area contributed by atoms with Crippen LogP contribution in [-0.4, -0.2) is 51.2 Å². The van der Waals surface area contributed by atoms with E-state index < -0.39 is 0 Å². The van der Waals surface area contributed by atoms with Gasteiger partial charge in [-0.15, -0.1) is 0 Å². The molecule has 0 saturated carbocycles. The number of hydrogen-bond acceptors (Lipinski definition) is 3. The van der Waals surface area contributed by atoms with Gasteiger partial charge in [0.25, 0.3) is 0 Å². The highest BCUT2D eigenvalue weighted by Crippen LogP contribution is 2.16. The molecular weight excluding hydrogens is 264 g/mol. The summed E-state index contributed by atoms with van der Waals surface area (Å²) >= 11 is 0. The minimum Gasteiger partial charge on any atom is -0.496 e. The standard InChI is InChI=1S/C16H26N4O/c1-17-16(19-12-14-8-6-10-20(14)2)18-11-13-7-4-5-9-15(13)21-3/h4-5,7,9,14H,6,8,10-12H2,1-3H3,(H2,17,18,19). The molecule has 2 N–H and O–H groups in total. The average Bonchev–Trinajstić information content (AvgIpc) is 2.93. The molecule has 0 amide bonds. The predicted octanol–water partition coefficient (Wildman–Crippen LogP) is 1.45. The van der Waals surface area contributed by atoms with Gasteiger partial charge < -0.3 is 20.3 Å². The van der Waals surface area contributed by atoms with Crippen molar-refractivity contribution in [2.75, 3.05) is 34.3 Å². The van der Waals surface area contributed by atoms with Crippen molar-refractivity contribution in [2.45, 2.75) is 25.4 Å². The Hall–Kier alpha value is -1.75. The van der Waals surface area contributed by atoms with E-state index in [1.54, 1.807) is 14.2 Å². The van der Waals surface area contributed by atoms with Crippen molar-refractivity contribution in [3.63, 3.8) is 0 Å². The highest BCUT2D eigenvalue weighted by atomic mass is 16.5. The Kier molecular flexibility index (Phi) is 5.87. The van der Waals surface area contributed by atoms with E-state index in [1.807, 2.05) is 18.2 Å². The number of hydrogen-bond donors (Lipinski definition) is 2. The minimum atomic E-state index is 0.606. The fourth-order valence-electron chi connectivity index (χ4n) is 2.70. The van der Waals surface area contributed by atoms with Crippen LogP contribution in [-0.2, 0) is 6.54 Å². The molecule has 0 aliphatic carbocycles. The maximum atomic E-state index is 5.36. The lowest BCUT2D eigenvalue weighted by atomic mass is 10.2. The number of ether oxygens (including phenoxy) is 1. The Labute approximate surface area is 127 Å². The molecule has 0 radical (unpaired) electrons. The Morgan fingerprint density at radius 1 is 1.38 bits per heavy atom. The van der Waals surface area contributed by atoms with Crippen LogP contribution >= 0.6 is 0 Å². The minimum absolute atomic E-state index is 0.606. The Balaban J connectivity index is 1.82. The van der Waals surface area contributed by atoms with Gasteiger partial charge in [-0.3, -0.25) is 4.99 Å². The number of likely N-dealkylation sites (tertiary alicyclic amines) is 1. The Morgan fingerprint density at radius 2 is 2.19 bits per heavy atom. The molecular formula is C16H26N4O. The SMILES string of the molecule is CN=C(NCc1ccccc1OC)NCC1CCCN1C. The number of likely N-dealkylation sites (N-methyl/N-ethyl adjacent to an activating group) is 1. The van der Waals surface area contributed by atoms with Crippen LogP contribution in [0.3, 0.4) is 0 Å². The van der Waals surface area contributed by atoms with Crippen LogP contribution in [0.1, 0.15) is 18.4 Å². The van der Waals surface area contributed by atoms with Gasteiger partial charge >= 0.3 is 0 Å². The number of methoxy groups -OCH3 is 1. The summed E-state index contributed by atoms with van der Waals surface area (Å²) in [5.74, 6) is 1.73. The second-order valence-electron chi connectivity index (χ2n) is 5.40. The summed E-state index contributed by atoms with van der Waals surface area (Å²) in [4.78, 5) is 6.68. The summed E-state index contributed by atoms with van der Waals surface area (Å²) in [5, 5.41) is 6.75. The quantitative estimate of drug-likeness (QED) is 0.637. The van der Waals surface area contributed by atoms with Gasteiger partial charge in [-0.1, -0.05) is 18.2 Å². The van der Waals surface area contributed by atoms with Crippen LogP contribution in [0, 0.1) is 0 Å². The molecule has 1 saturated heterocycles. The van der Waals surface area contributed by atoms with E-state index in [-0.39, 0.29) is 0 Å². The molecule has 0 spiro atoms. The topological polar surface area (TPSA) is 48.9 Å².